The second-order valence-electron chi connectivity index (χ2n) is 4.30. The zero-order valence-electron chi connectivity index (χ0n) is 11.5. The Morgan fingerprint density at radius 3 is 2.50 bits per heavy atom. The van der Waals surface area contributed by atoms with Crippen molar-refractivity contribution >= 4 is 11.7 Å². The van der Waals surface area contributed by atoms with Crippen LogP contribution in [0.5, 0.6) is 0 Å². The van der Waals surface area contributed by atoms with E-state index in [1.165, 1.54) is 12.3 Å². The molecule has 0 aromatic carbocycles. The van der Waals surface area contributed by atoms with E-state index >= 15 is 0 Å². The SMILES string of the molecule is CCCN(CC(F)(F)F)C(=O)c1ccc(NCC)nc1. The monoisotopic (exact) mass is 289 g/mol. The molecule has 1 aromatic rings. The number of amides is 1. The van der Waals surface area contributed by atoms with E-state index in [0.717, 1.165) is 4.90 Å². The predicted molar refractivity (Wildman–Crippen MR) is 70.7 cm³/mol. The highest BCUT2D eigenvalue weighted by molar-refractivity contribution is 5.94. The van der Waals surface area contributed by atoms with E-state index in [0.29, 0.717) is 18.8 Å². The van der Waals surface area contributed by atoms with Gasteiger partial charge in [0, 0.05) is 19.3 Å². The normalized spacial score (nSPS) is 11.2. The van der Waals surface area contributed by atoms with Crippen molar-refractivity contribution in [2.24, 2.45) is 0 Å². The molecule has 1 N–H and O–H groups in total. The van der Waals surface area contributed by atoms with Crippen molar-refractivity contribution in [3.8, 4) is 0 Å². The molecule has 7 heteroatoms. The number of hydrogen-bond donors (Lipinski definition) is 1. The predicted octanol–water partition coefficient (Wildman–Crippen LogP) is 2.93. The number of nitrogens with one attached hydrogen (secondary N) is 1. The van der Waals surface area contributed by atoms with Crippen LogP contribution in [0.3, 0.4) is 0 Å². The summed E-state index contributed by atoms with van der Waals surface area (Å²) in [5, 5.41) is 2.95. The van der Waals surface area contributed by atoms with E-state index in [9.17, 15) is 18.0 Å². The van der Waals surface area contributed by atoms with Crippen LogP contribution in [0.2, 0.25) is 0 Å². The highest BCUT2D eigenvalue weighted by Gasteiger charge is 2.33. The van der Waals surface area contributed by atoms with E-state index in [-0.39, 0.29) is 12.1 Å². The maximum absolute atomic E-state index is 12.5. The second-order valence-corrected chi connectivity index (χ2v) is 4.30. The van der Waals surface area contributed by atoms with Crippen LogP contribution < -0.4 is 5.32 Å². The first-order chi connectivity index (χ1) is 9.37. The van der Waals surface area contributed by atoms with Crippen LogP contribution >= 0.6 is 0 Å². The highest BCUT2D eigenvalue weighted by Crippen LogP contribution is 2.18. The molecule has 0 saturated carbocycles. The van der Waals surface area contributed by atoms with Crippen molar-refractivity contribution in [2.75, 3.05) is 25.0 Å². The molecule has 1 amide bonds. The Balaban J connectivity index is 2.83. The smallest absolute Gasteiger partial charge is 0.370 e. The minimum absolute atomic E-state index is 0.0628. The Morgan fingerprint density at radius 1 is 1.35 bits per heavy atom. The Hall–Kier alpha value is -1.79. The first-order valence-corrected chi connectivity index (χ1v) is 6.43. The molecule has 0 spiro atoms. The summed E-state index contributed by atoms with van der Waals surface area (Å²) in [5.41, 5.74) is 0.157. The van der Waals surface area contributed by atoms with Gasteiger partial charge < -0.3 is 10.2 Å². The van der Waals surface area contributed by atoms with Gasteiger partial charge in [0.2, 0.25) is 0 Å². The Labute approximate surface area is 116 Å². The van der Waals surface area contributed by atoms with E-state index in [1.54, 1.807) is 13.0 Å². The first kappa shape index (κ1) is 16.3. The van der Waals surface area contributed by atoms with Gasteiger partial charge >= 0.3 is 6.18 Å². The number of carbonyl (C=O) groups is 1. The molecule has 1 aromatic heterocycles. The molecule has 112 valence electrons. The van der Waals surface area contributed by atoms with Gasteiger partial charge in [-0.2, -0.15) is 13.2 Å². The minimum Gasteiger partial charge on any atom is -0.370 e. The number of anilines is 1. The second kappa shape index (κ2) is 7.12. The number of carbonyl (C=O) groups excluding carboxylic acids is 1. The lowest BCUT2D eigenvalue weighted by atomic mass is 10.2. The molecular formula is C13H18F3N3O. The van der Waals surface area contributed by atoms with Gasteiger partial charge in [-0.05, 0) is 25.5 Å². The molecule has 0 atom stereocenters. The lowest BCUT2D eigenvalue weighted by Gasteiger charge is -2.23. The van der Waals surface area contributed by atoms with Crippen LogP contribution in [0.25, 0.3) is 0 Å². The number of alkyl halides is 3. The fraction of sp³-hybridized carbons (Fsp3) is 0.538. The summed E-state index contributed by atoms with van der Waals surface area (Å²) in [4.78, 5) is 16.8. The summed E-state index contributed by atoms with van der Waals surface area (Å²) in [6.45, 7) is 3.12. The Bertz CT molecular complexity index is 431. The van der Waals surface area contributed by atoms with E-state index in [2.05, 4.69) is 10.3 Å². The van der Waals surface area contributed by atoms with Crippen LogP contribution in [0, 0.1) is 0 Å². The average molecular weight is 289 g/mol. The maximum Gasteiger partial charge on any atom is 0.406 e. The van der Waals surface area contributed by atoms with Crippen LogP contribution in [-0.2, 0) is 0 Å². The van der Waals surface area contributed by atoms with Gasteiger partial charge in [-0.25, -0.2) is 4.98 Å². The molecule has 0 saturated heterocycles. The van der Waals surface area contributed by atoms with E-state index in [1.807, 2.05) is 6.92 Å². The molecule has 0 fully saturated rings. The Kier molecular flexibility index (Phi) is 5.79. The number of hydrogen-bond acceptors (Lipinski definition) is 3. The van der Waals surface area contributed by atoms with Crippen LogP contribution in [0.4, 0.5) is 19.0 Å². The highest BCUT2D eigenvalue weighted by atomic mass is 19.4. The van der Waals surface area contributed by atoms with Crippen molar-refractivity contribution in [1.29, 1.82) is 0 Å². The molecule has 1 heterocycles. The number of nitrogens with zero attached hydrogens (tertiary/aromatic N) is 2. The minimum atomic E-state index is -4.40. The van der Waals surface area contributed by atoms with Crippen molar-refractivity contribution in [1.82, 2.24) is 9.88 Å². The number of rotatable bonds is 6. The quantitative estimate of drug-likeness (QED) is 0.875. The standard InChI is InChI=1S/C13H18F3N3O/c1-3-7-19(9-13(14,15)16)12(20)10-5-6-11(17-4-2)18-8-10/h5-6,8H,3-4,7,9H2,1-2H3,(H,17,18). The maximum atomic E-state index is 12.5. The van der Waals surface area contributed by atoms with E-state index in [4.69, 9.17) is 0 Å². The fourth-order valence-electron chi connectivity index (χ4n) is 1.73. The van der Waals surface area contributed by atoms with Gasteiger partial charge in [0.15, 0.2) is 0 Å². The molecule has 20 heavy (non-hydrogen) atoms. The van der Waals surface area contributed by atoms with Gasteiger partial charge in [0.1, 0.15) is 12.4 Å². The van der Waals surface area contributed by atoms with Crippen molar-refractivity contribution < 1.29 is 18.0 Å². The summed E-state index contributed by atoms with van der Waals surface area (Å²) in [7, 11) is 0. The number of aromatic nitrogens is 1. The van der Waals surface area contributed by atoms with Gasteiger partial charge in [-0.15, -0.1) is 0 Å². The summed E-state index contributed by atoms with van der Waals surface area (Å²) >= 11 is 0. The molecular weight excluding hydrogens is 271 g/mol. The van der Waals surface area contributed by atoms with Crippen LogP contribution in [0.1, 0.15) is 30.6 Å². The van der Waals surface area contributed by atoms with Crippen LogP contribution in [0.15, 0.2) is 18.3 Å². The largest absolute Gasteiger partial charge is 0.406 e. The average Bonchev–Trinajstić information content (AvgIpc) is 2.37. The molecule has 0 radical (unpaired) electrons. The molecule has 1 rings (SSSR count). The molecule has 0 aliphatic carbocycles. The number of pyridine rings is 1. The van der Waals surface area contributed by atoms with Crippen LogP contribution in [-0.4, -0.2) is 41.6 Å². The van der Waals surface area contributed by atoms with E-state index < -0.39 is 18.6 Å². The third-order valence-electron chi connectivity index (χ3n) is 2.52. The van der Waals surface area contributed by atoms with Crippen molar-refractivity contribution in [2.45, 2.75) is 26.4 Å². The molecule has 0 bridgehead atoms. The molecule has 4 nitrogen and oxygen atoms in total. The Morgan fingerprint density at radius 2 is 2.05 bits per heavy atom. The molecule has 0 unspecified atom stereocenters. The van der Waals surface area contributed by atoms with Crippen molar-refractivity contribution in [3.05, 3.63) is 23.9 Å². The van der Waals surface area contributed by atoms with Gasteiger partial charge in [0.25, 0.3) is 5.91 Å². The zero-order valence-corrected chi connectivity index (χ0v) is 11.5. The summed E-state index contributed by atoms with van der Waals surface area (Å²) in [5.74, 6) is -0.0679. The van der Waals surface area contributed by atoms with Gasteiger partial charge in [-0.3, -0.25) is 4.79 Å². The fourth-order valence-corrected chi connectivity index (χ4v) is 1.73. The van der Waals surface area contributed by atoms with Crippen molar-refractivity contribution in [3.63, 3.8) is 0 Å². The first-order valence-electron chi connectivity index (χ1n) is 6.43. The topological polar surface area (TPSA) is 45.2 Å². The third kappa shape index (κ3) is 5.07. The van der Waals surface area contributed by atoms with Gasteiger partial charge in [-0.1, -0.05) is 6.92 Å². The molecule has 0 aliphatic heterocycles. The third-order valence-corrected chi connectivity index (χ3v) is 2.52. The lowest BCUT2D eigenvalue weighted by molar-refractivity contribution is -0.140. The molecule has 0 aliphatic rings. The van der Waals surface area contributed by atoms with Gasteiger partial charge in [0.05, 0.1) is 5.56 Å². The summed E-state index contributed by atoms with van der Waals surface area (Å²) in [6, 6.07) is 3.06. The zero-order chi connectivity index (χ0) is 15.2. The summed E-state index contributed by atoms with van der Waals surface area (Å²) < 4.78 is 37.4. The number of halogens is 3. The lowest BCUT2D eigenvalue weighted by Crippen LogP contribution is -2.39. The summed E-state index contributed by atoms with van der Waals surface area (Å²) in [6.07, 6.45) is -2.65.